The van der Waals surface area contributed by atoms with Gasteiger partial charge in [0.25, 0.3) is 0 Å². The van der Waals surface area contributed by atoms with Crippen LogP contribution in [0, 0.1) is 0 Å². The maximum absolute atomic E-state index is 5.89. The molecule has 0 atom stereocenters. The molecule has 0 radical (unpaired) electrons. The standard InChI is InChI=1S/2C16H35P.4C3H7O.Ti/c2*1-3-5-7-9-11-13-15-17-16-14-12-10-8-6-4-2;4*1-3(2)4;/h2*17H,3-16H2,1-2H3;4*3H,1-2H3;/q;;4*-1;+4. The Kier molecular flexibility index (Phi) is 51.0. The zero-order chi connectivity index (χ0) is 38.9. The van der Waals surface area contributed by atoms with E-state index in [9.17, 15) is 0 Å². The van der Waals surface area contributed by atoms with Crippen LogP contribution in [-0.4, -0.2) is 49.1 Å². The number of unbranched alkanes of at least 4 members (excludes halogenated alkanes) is 20. The molecule has 0 N–H and O–H groups in total. The largest absolute Gasteiger partial charge is 0.122 e. The fourth-order valence-corrected chi connectivity index (χ4v) is 12.3. The van der Waals surface area contributed by atoms with Crippen molar-refractivity contribution in [1.29, 1.82) is 0 Å². The van der Waals surface area contributed by atoms with Gasteiger partial charge in [-0.15, -0.1) is 17.2 Å². The second-order valence-electron chi connectivity index (χ2n) is 15.7. The van der Waals surface area contributed by atoms with Crippen molar-refractivity contribution in [2.45, 2.75) is 262 Å². The molecule has 312 valence electrons. The Hall–Kier alpha value is 1.41. The fourth-order valence-electron chi connectivity index (χ4n) is 5.69. The summed E-state index contributed by atoms with van der Waals surface area (Å²) in [5.74, 6) is 0. The minimum atomic E-state index is -3.62. The first-order valence-corrected chi connectivity index (χ1v) is 28.0. The quantitative estimate of drug-likeness (QED) is 0.0359. The van der Waals surface area contributed by atoms with Crippen LogP contribution in [0.2, 0.25) is 0 Å². The molecule has 0 aliphatic carbocycles. The van der Waals surface area contributed by atoms with Crippen LogP contribution in [0.15, 0.2) is 0 Å². The van der Waals surface area contributed by atoms with E-state index in [0.29, 0.717) is 0 Å². The predicted octanol–water partition coefficient (Wildman–Crippen LogP) is 16.3. The Labute approximate surface area is 333 Å². The molecule has 0 unspecified atom stereocenters. The second-order valence-corrected chi connectivity index (χ2v) is 21.8. The van der Waals surface area contributed by atoms with E-state index in [4.69, 9.17) is 13.3 Å². The Balaban J connectivity index is -0.000000678. The van der Waals surface area contributed by atoms with Crippen LogP contribution in [0.1, 0.15) is 237 Å². The normalized spacial score (nSPS) is 11.8. The summed E-state index contributed by atoms with van der Waals surface area (Å²) in [7, 11) is 2.51. The topological polar surface area (TPSA) is 36.9 Å². The molecule has 0 fully saturated rings. The Morgan fingerprint density at radius 1 is 0.294 bits per heavy atom. The Bertz CT molecular complexity index is 518. The van der Waals surface area contributed by atoms with Gasteiger partial charge in [-0.25, -0.2) is 0 Å². The summed E-state index contributed by atoms with van der Waals surface area (Å²) in [5.41, 5.74) is 0. The molecule has 51 heavy (non-hydrogen) atoms. The summed E-state index contributed by atoms with van der Waals surface area (Å²) in [6.45, 7) is 24.9. The molecule has 0 aromatic heterocycles. The van der Waals surface area contributed by atoms with Crippen molar-refractivity contribution in [2.75, 3.05) is 24.6 Å². The van der Waals surface area contributed by atoms with Gasteiger partial charge in [0.05, 0.1) is 0 Å². The van der Waals surface area contributed by atoms with Gasteiger partial charge >= 0.3 is 111 Å². The van der Waals surface area contributed by atoms with Crippen LogP contribution in [-0.2, 0) is 31.4 Å². The van der Waals surface area contributed by atoms with Crippen molar-refractivity contribution < 1.29 is 31.4 Å². The monoisotopic (exact) mass is 801 g/mol. The molecule has 7 heteroatoms. The first-order chi connectivity index (χ1) is 24.5. The predicted molar refractivity (Wildman–Crippen MR) is 234 cm³/mol. The summed E-state index contributed by atoms with van der Waals surface area (Å²) >= 11 is -3.62. The average Bonchev–Trinajstić information content (AvgIpc) is 3.04. The van der Waals surface area contributed by atoms with Crippen LogP contribution in [0.4, 0.5) is 0 Å². The maximum atomic E-state index is 5.89. The van der Waals surface area contributed by atoms with Gasteiger partial charge in [-0.2, -0.15) is 0 Å². The summed E-state index contributed by atoms with van der Waals surface area (Å²) in [6.07, 6.45) is 41.2. The molecular formula is C44H98O4P2Ti. The van der Waals surface area contributed by atoms with Crippen molar-refractivity contribution in [3.8, 4) is 0 Å². The SMILES string of the molecule is CC(C)[O][Ti]([O]C(C)C)([O]C(C)C)[O]C(C)C.CCCCCCCCPCCCCCCCC.CCCCCCCCPCCCCCCCC. The van der Waals surface area contributed by atoms with E-state index in [-0.39, 0.29) is 24.4 Å². The van der Waals surface area contributed by atoms with Crippen molar-refractivity contribution in [2.24, 2.45) is 0 Å². The first-order valence-electron chi connectivity index (χ1n) is 22.6. The number of hydrogen-bond acceptors (Lipinski definition) is 4. The first kappa shape index (κ1) is 56.7. The van der Waals surface area contributed by atoms with Crippen LogP contribution in [0.25, 0.3) is 0 Å². The molecule has 0 saturated heterocycles. The van der Waals surface area contributed by atoms with Crippen LogP contribution in [0.3, 0.4) is 0 Å². The smallest absolute Gasteiger partial charge is 0.0353 e. The third kappa shape index (κ3) is 51.4. The van der Waals surface area contributed by atoms with Crippen molar-refractivity contribution >= 4 is 17.2 Å². The fraction of sp³-hybridized carbons (Fsp3) is 1.00. The van der Waals surface area contributed by atoms with Gasteiger partial charge in [-0.1, -0.05) is 156 Å². The Morgan fingerprint density at radius 3 is 0.647 bits per heavy atom. The van der Waals surface area contributed by atoms with E-state index in [2.05, 4.69) is 27.7 Å². The van der Waals surface area contributed by atoms with Gasteiger partial charge in [-0.3, -0.25) is 0 Å². The molecule has 0 amide bonds. The van der Waals surface area contributed by atoms with Gasteiger partial charge in [0.1, 0.15) is 0 Å². The third-order valence-corrected chi connectivity index (χ3v) is 15.9. The zero-order valence-electron chi connectivity index (χ0n) is 37.2. The van der Waals surface area contributed by atoms with Gasteiger partial charge in [0.15, 0.2) is 0 Å². The number of rotatable bonds is 36. The van der Waals surface area contributed by atoms with E-state index in [1.165, 1.54) is 196 Å². The van der Waals surface area contributed by atoms with Crippen LogP contribution >= 0.6 is 17.2 Å². The van der Waals surface area contributed by atoms with E-state index in [1.807, 2.05) is 55.4 Å². The van der Waals surface area contributed by atoms with Crippen molar-refractivity contribution in [3.05, 3.63) is 0 Å². The minimum Gasteiger partial charge on any atom is -0.122 e. The molecule has 0 rings (SSSR count). The molecule has 0 aliphatic rings. The molecule has 0 aromatic rings. The molecule has 0 aromatic carbocycles. The molecular weight excluding hydrogens is 702 g/mol. The summed E-state index contributed by atoms with van der Waals surface area (Å²) < 4.78 is 23.6. The second kappa shape index (κ2) is 45.8. The van der Waals surface area contributed by atoms with Gasteiger partial charge in [-0.05, 0) is 50.3 Å². The van der Waals surface area contributed by atoms with Crippen molar-refractivity contribution in [1.82, 2.24) is 0 Å². The molecule has 0 spiro atoms. The Morgan fingerprint density at radius 2 is 0.471 bits per heavy atom. The van der Waals surface area contributed by atoms with E-state index in [1.54, 1.807) is 0 Å². The van der Waals surface area contributed by atoms with Gasteiger partial charge in [0.2, 0.25) is 0 Å². The van der Waals surface area contributed by atoms with E-state index >= 15 is 0 Å². The zero-order valence-corrected chi connectivity index (χ0v) is 40.8. The number of hydrogen-bond donors (Lipinski definition) is 0. The van der Waals surface area contributed by atoms with Crippen molar-refractivity contribution in [3.63, 3.8) is 0 Å². The molecule has 4 nitrogen and oxygen atoms in total. The van der Waals surface area contributed by atoms with E-state index in [0.717, 1.165) is 0 Å². The van der Waals surface area contributed by atoms with Crippen LogP contribution < -0.4 is 0 Å². The molecule has 0 heterocycles. The maximum Gasteiger partial charge on any atom is -0.0353 e. The average molecular weight is 801 g/mol. The van der Waals surface area contributed by atoms with E-state index < -0.39 is 18.1 Å². The third-order valence-electron chi connectivity index (χ3n) is 8.35. The molecule has 0 aliphatic heterocycles. The molecule has 0 saturated carbocycles. The summed E-state index contributed by atoms with van der Waals surface area (Å²) in [5, 5.41) is 0. The van der Waals surface area contributed by atoms with Gasteiger partial charge in [0, 0.05) is 0 Å². The molecule has 0 bridgehead atoms. The summed E-state index contributed by atoms with van der Waals surface area (Å²) in [4.78, 5) is 0. The van der Waals surface area contributed by atoms with Gasteiger partial charge < -0.3 is 0 Å². The minimum absolute atomic E-state index is 0.0336. The summed E-state index contributed by atoms with van der Waals surface area (Å²) in [6, 6.07) is 0. The van der Waals surface area contributed by atoms with Crippen LogP contribution in [0.5, 0.6) is 0 Å².